The van der Waals surface area contributed by atoms with Crippen molar-refractivity contribution in [2.75, 3.05) is 44.2 Å². The molecule has 1 atom stereocenters. The zero-order chi connectivity index (χ0) is 13.9. The van der Waals surface area contributed by atoms with Crippen LogP contribution in [0.2, 0.25) is 0 Å². The van der Waals surface area contributed by atoms with Crippen LogP contribution in [0.4, 0.5) is 0 Å². The topological polar surface area (TPSA) is 57.7 Å². The van der Waals surface area contributed by atoms with E-state index in [2.05, 4.69) is 11.8 Å². The summed E-state index contributed by atoms with van der Waals surface area (Å²) >= 11 is 0. The van der Waals surface area contributed by atoms with Crippen LogP contribution in [-0.2, 0) is 14.6 Å². The largest absolute Gasteiger partial charge is 0.342 e. The van der Waals surface area contributed by atoms with Gasteiger partial charge in [0.15, 0.2) is 9.84 Å². The van der Waals surface area contributed by atoms with Crippen LogP contribution in [0.15, 0.2) is 0 Å². The van der Waals surface area contributed by atoms with Crippen molar-refractivity contribution in [1.29, 1.82) is 0 Å². The molecule has 0 unspecified atom stereocenters. The van der Waals surface area contributed by atoms with Crippen LogP contribution < -0.4 is 0 Å². The standard InChI is InChI=1S/C13H24N2O3S/c1-12-3-2-5-15(11-12)13(16)4-6-14-7-9-19(17,18)10-8-14/h12H,2-11H2,1H3/t12-/m0/s1. The van der Waals surface area contributed by atoms with Crippen molar-refractivity contribution in [1.82, 2.24) is 9.80 Å². The van der Waals surface area contributed by atoms with Gasteiger partial charge in [0.05, 0.1) is 11.5 Å². The van der Waals surface area contributed by atoms with Gasteiger partial charge in [-0.1, -0.05) is 6.92 Å². The van der Waals surface area contributed by atoms with E-state index in [0.29, 0.717) is 32.0 Å². The lowest BCUT2D eigenvalue weighted by atomic mass is 10.00. The molecular formula is C13H24N2O3S. The molecule has 5 nitrogen and oxygen atoms in total. The number of rotatable bonds is 3. The summed E-state index contributed by atoms with van der Waals surface area (Å²) in [4.78, 5) is 16.2. The molecule has 110 valence electrons. The number of hydrogen-bond donors (Lipinski definition) is 0. The summed E-state index contributed by atoms with van der Waals surface area (Å²) in [7, 11) is -2.82. The van der Waals surface area contributed by atoms with Crippen molar-refractivity contribution < 1.29 is 13.2 Å². The number of nitrogens with zero attached hydrogens (tertiary/aromatic N) is 2. The van der Waals surface area contributed by atoms with Crippen LogP contribution in [0, 0.1) is 5.92 Å². The van der Waals surface area contributed by atoms with Gasteiger partial charge in [0.25, 0.3) is 0 Å². The Bertz CT molecular complexity index is 408. The Morgan fingerprint density at radius 3 is 2.53 bits per heavy atom. The normalized spacial score (nSPS) is 28.3. The Hall–Kier alpha value is -0.620. The van der Waals surface area contributed by atoms with Crippen molar-refractivity contribution in [2.24, 2.45) is 5.92 Å². The first-order chi connectivity index (χ1) is 8.96. The van der Waals surface area contributed by atoms with E-state index in [-0.39, 0.29) is 17.4 Å². The maximum absolute atomic E-state index is 12.1. The van der Waals surface area contributed by atoms with Gasteiger partial charge in [-0.2, -0.15) is 0 Å². The van der Waals surface area contributed by atoms with Crippen molar-refractivity contribution in [3.05, 3.63) is 0 Å². The minimum absolute atomic E-state index is 0.222. The first-order valence-corrected chi connectivity index (χ1v) is 8.99. The quantitative estimate of drug-likeness (QED) is 0.753. The van der Waals surface area contributed by atoms with E-state index in [9.17, 15) is 13.2 Å². The van der Waals surface area contributed by atoms with Gasteiger partial charge in [0, 0.05) is 39.1 Å². The van der Waals surface area contributed by atoms with Crippen LogP contribution in [0.5, 0.6) is 0 Å². The average molecular weight is 288 g/mol. The molecule has 2 fully saturated rings. The lowest BCUT2D eigenvalue weighted by Crippen LogP contribution is -2.44. The molecule has 1 amide bonds. The minimum Gasteiger partial charge on any atom is -0.342 e. The maximum Gasteiger partial charge on any atom is 0.223 e. The molecule has 2 rings (SSSR count). The maximum atomic E-state index is 12.1. The Kier molecular flexibility index (Phi) is 4.84. The highest BCUT2D eigenvalue weighted by molar-refractivity contribution is 7.91. The number of likely N-dealkylation sites (tertiary alicyclic amines) is 1. The molecule has 2 aliphatic heterocycles. The molecule has 0 aromatic rings. The molecule has 0 spiro atoms. The summed E-state index contributed by atoms with van der Waals surface area (Å²) < 4.78 is 22.6. The fourth-order valence-electron chi connectivity index (χ4n) is 2.80. The molecule has 2 saturated heterocycles. The van der Waals surface area contributed by atoms with Gasteiger partial charge in [-0.3, -0.25) is 4.79 Å². The molecule has 0 N–H and O–H groups in total. The Labute approximate surface area is 115 Å². The summed E-state index contributed by atoms with van der Waals surface area (Å²) in [5, 5.41) is 0. The Morgan fingerprint density at radius 1 is 1.21 bits per heavy atom. The first-order valence-electron chi connectivity index (χ1n) is 7.17. The second-order valence-electron chi connectivity index (χ2n) is 5.83. The SMILES string of the molecule is C[C@H]1CCCN(C(=O)CCN2CCS(=O)(=O)CC2)C1. The summed E-state index contributed by atoms with van der Waals surface area (Å²) in [5.74, 6) is 1.31. The molecule has 0 saturated carbocycles. The van der Waals surface area contributed by atoms with E-state index < -0.39 is 9.84 Å². The summed E-state index contributed by atoms with van der Waals surface area (Å²) in [6.07, 6.45) is 2.84. The molecule has 2 aliphatic rings. The molecule has 0 aromatic heterocycles. The van der Waals surface area contributed by atoms with Gasteiger partial charge in [-0.05, 0) is 18.8 Å². The molecule has 0 aliphatic carbocycles. The van der Waals surface area contributed by atoms with Gasteiger partial charge in [0.1, 0.15) is 0 Å². The average Bonchev–Trinajstić information content (AvgIpc) is 2.37. The molecule has 0 aromatic carbocycles. The smallest absolute Gasteiger partial charge is 0.223 e. The Morgan fingerprint density at radius 2 is 1.89 bits per heavy atom. The predicted molar refractivity (Wildman–Crippen MR) is 74.7 cm³/mol. The van der Waals surface area contributed by atoms with Crippen LogP contribution >= 0.6 is 0 Å². The van der Waals surface area contributed by atoms with Crippen LogP contribution in [0.25, 0.3) is 0 Å². The lowest BCUT2D eigenvalue weighted by molar-refractivity contribution is -0.133. The van der Waals surface area contributed by atoms with Gasteiger partial charge in [-0.25, -0.2) is 8.42 Å². The van der Waals surface area contributed by atoms with E-state index in [1.807, 2.05) is 4.90 Å². The first kappa shape index (κ1) is 14.8. The van der Waals surface area contributed by atoms with E-state index in [0.717, 1.165) is 19.5 Å². The second-order valence-corrected chi connectivity index (χ2v) is 8.13. The zero-order valence-electron chi connectivity index (χ0n) is 11.7. The highest BCUT2D eigenvalue weighted by Crippen LogP contribution is 2.16. The summed E-state index contributed by atoms with van der Waals surface area (Å²) in [6, 6.07) is 0. The molecule has 19 heavy (non-hydrogen) atoms. The van der Waals surface area contributed by atoms with Gasteiger partial charge in [-0.15, -0.1) is 0 Å². The van der Waals surface area contributed by atoms with Crippen molar-refractivity contribution >= 4 is 15.7 Å². The highest BCUT2D eigenvalue weighted by atomic mass is 32.2. The number of carbonyl (C=O) groups excluding carboxylic acids is 1. The third-order valence-corrected chi connectivity index (χ3v) is 5.70. The molecule has 2 heterocycles. The van der Waals surface area contributed by atoms with Crippen molar-refractivity contribution in [3.63, 3.8) is 0 Å². The zero-order valence-corrected chi connectivity index (χ0v) is 12.5. The van der Waals surface area contributed by atoms with Gasteiger partial charge < -0.3 is 9.80 Å². The second kappa shape index (κ2) is 6.22. The van der Waals surface area contributed by atoms with E-state index in [1.54, 1.807) is 0 Å². The number of carbonyl (C=O) groups is 1. The fourth-order valence-corrected chi connectivity index (χ4v) is 4.08. The number of piperidine rings is 1. The minimum atomic E-state index is -2.82. The molecule has 0 radical (unpaired) electrons. The third-order valence-electron chi connectivity index (χ3n) is 4.09. The fraction of sp³-hybridized carbons (Fsp3) is 0.923. The molecule has 0 bridgehead atoms. The van der Waals surface area contributed by atoms with Gasteiger partial charge >= 0.3 is 0 Å². The summed E-state index contributed by atoms with van der Waals surface area (Å²) in [6.45, 7) is 5.80. The Balaban J connectivity index is 1.72. The van der Waals surface area contributed by atoms with Crippen LogP contribution in [0.1, 0.15) is 26.2 Å². The number of amides is 1. The predicted octanol–water partition coefficient (Wildman–Crippen LogP) is 0.365. The summed E-state index contributed by atoms with van der Waals surface area (Å²) in [5.41, 5.74) is 0. The molecular weight excluding hydrogens is 264 g/mol. The number of hydrogen-bond acceptors (Lipinski definition) is 4. The van der Waals surface area contributed by atoms with Crippen molar-refractivity contribution in [2.45, 2.75) is 26.2 Å². The number of sulfone groups is 1. The monoisotopic (exact) mass is 288 g/mol. The van der Waals surface area contributed by atoms with E-state index >= 15 is 0 Å². The van der Waals surface area contributed by atoms with Crippen LogP contribution in [0.3, 0.4) is 0 Å². The van der Waals surface area contributed by atoms with Crippen LogP contribution in [-0.4, -0.2) is 68.4 Å². The van der Waals surface area contributed by atoms with E-state index in [4.69, 9.17) is 0 Å². The highest BCUT2D eigenvalue weighted by Gasteiger charge is 2.24. The lowest BCUT2D eigenvalue weighted by Gasteiger charge is -2.32. The van der Waals surface area contributed by atoms with Crippen molar-refractivity contribution in [3.8, 4) is 0 Å². The third kappa shape index (κ3) is 4.45. The molecule has 6 heteroatoms. The van der Waals surface area contributed by atoms with Gasteiger partial charge in [0.2, 0.25) is 5.91 Å². The van der Waals surface area contributed by atoms with E-state index in [1.165, 1.54) is 6.42 Å².